The zero-order valence-electron chi connectivity index (χ0n) is 14.7. The van der Waals surface area contributed by atoms with E-state index in [9.17, 15) is 13.2 Å². The molecule has 0 amide bonds. The van der Waals surface area contributed by atoms with Crippen molar-refractivity contribution in [1.29, 1.82) is 0 Å². The second-order valence-electron chi connectivity index (χ2n) is 6.09. The molecule has 0 aliphatic carbocycles. The Balaban J connectivity index is 0.000000527. The molecule has 1 aliphatic heterocycles. The first-order chi connectivity index (χ1) is 12.6. The number of carboxylic acid groups (broad SMARTS) is 2. The van der Waals surface area contributed by atoms with Gasteiger partial charge in [-0.15, -0.1) is 11.8 Å². The van der Waals surface area contributed by atoms with Gasteiger partial charge in [-0.3, -0.25) is 0 Å². The Morgan fingerprint density at radius 1 is 1.26 bits per heavy atom. The zero-order chi connectivity index (χ0) is 20.4. The van der Waals surface area contributed by atoms with Crippen LogP contribution in [0.5, 0.6) is 0 Å². The minimum Gasteiger partial charge on any atom is -0.473 e. The summed E-state index contributed by atoms with van der Waals surface area (Å²) in [6.45, 7) is 2.11. The number of likely N-dealkylation sites (tertiary alicyclic amines) is 1. The lowest BCUT2D eigenvalue weighted by atomic mass is 9.96. The number of thioether (sulfide) groups is 1. The first-order valence-electron chi connectivity index (χ1n) is 8.27. The van der Waals surface area contributed by atoms with Crippen molar-refractivity contribution in [3.05, 3.63) is 5.69 Å². The molecule has 1 aromatic rings. The summed E-state index contributed by atoms with van der Waals surface area (Å²) in [5, 5.41) is 15.7. The SMILES string of the molecule is CN1CCCC(c2nsnc2SCCCCC(F)(F)F)C1.O=C(O)C(=O)O. The largest absolute Gasteiger partial charge is 0.473 e. The molecule has 1 unspecified atom stereocenters. The Hall–Kier alpha value is -1.40. The number of hydrogen-bond donors (Lipinski definition) is 2. The van der Waals surface area contributed by atoms with Crippen LogP contribution in [0.2, 0.25) is 0 Å². The first kappa shape index (κ1) is 23.6. The molecule has 1 fully saturated rings. The predicted molar refractivity (Wildman–Crippen MR) is 95.3 cm³/mol. The number of halogens is 3. The third kappa shape index (κ3) is 9.91. The van der Waals surface area contributed by atoms with Crippen LogP contribution in [-0.4, -0.2) is 67.9 Å². The van der Waals surface area contributed by atoms with Gasteiger partial charge in [0.25, 0.3) is 0 Å². The smallest absolute Gasteiger partial charge is 0.414 e. The molecule has 1 aliphatic rings. The summed E-state index contributed by atoms with van der Waals surface area (Å²) in [6, 6.07) is 0. The number of aromatic nitrogens is 2. The number of carbonyl (C=O) groups is 2. The van der Waals surface area contributed by atoms with Crippen LogP contribution in [0.3, 0.4) is 0 Å². The zero-order valence-corrected chi connectivity index (χ0v) is 16.4. The lowest BCUT2D eigenvalue weighted by Crippen LogP contribution is -2.31. The van der Waals surface area contributed by atoms with Crippen LogP contribution in [0.15, 0.2) is 5.03 Å². The van der Waals surface area contributed by atoms with Crippen LogP contribution in [0.25, 0.3) is 0 Å². The summed E-state index contributed by atoms with van der Waals surface area (Å²) in [6.07, 6.45) is -1.69. The van der Waals surface area contributed by atoms with Gasteiger partial charge in [-0.1, -0.05) is 0 Å². The highest BCUT2D eigenvalue weighted by molar-refractivity contribution is 7.99. The van der Waals surface area contributed by atoms with Gasteiger partial charge in [-0.05, 0) is 45.0 Å². The number of likely N-dealkylation sites (N-methyl/N-ethyl adjacent to an activating group) is 1. The minimum atomic E-state index is -4.04. The quantitative estimate of drug-likeness (QED) is 0.403. The maximum Gasteiger partial charge on any atom is 0.414 e. The molecule has 1 atom stereocenters. The number of hydrogen-bond acceptors (Lipinski definition) is 7. The lowest BCUT2D eigenvalue weighted by molar-refractivity contribution is -0.159. The minimum absolute atomic E-state index is 0.190. The fourth-order valence-corrected chi connectivity index (χ4v) is 4.33. The highest BCUT2D eigenvalue weighted by atomic mass is 32.2. The number of rotatable bonds is 6. The molecule has 0 saturated carbocycles. The van der Waals surface area contributed by atoms with Gasteiger partial charge in [0.15, 0.2) is 0 Å². The van der Waals surface area contributed by atoms with Crippen LogP contribution < -0.4 is 0 Å². The molecule has 0 aromatic carbocycles. The number of aliphatic carboxylic acids is 2. The summed E-state index contributed by atoms with van der Waals surface area (Å²) in [5.41, 5.74) is 1.05. The van der Waals surface area contributed by atoms with Gasteiger partial charge < -0.3 is 15.1 Å². The van der Waals surface area contributed by atoms with E-state index in [0.717, 1.165) is 36.7 Å². The summed E-state index contributed by atoms with van der Waals surface area (Å²) in [4.78, 5) is 20.5. The molecule has 2 N–H and O–H groups in total. The monoisotopic (exact) mass is 429 g/mol. The van der Waals surface area contributed by atoms with Crippen molar-refractivity contribution in [2.24, 2.45) is 0 Å². The normalized spacial score (nSPS) is 17.9. The summed E-state index contributed by atoms with van der Waals surface area (Å²) in [5.74, 6) is -2.55. The van der Waals surface area contributed by atoms with Gasteiger partial charge in [0.05, 0.1) is 17.4 Å². The molecule has 12 heteroatoms. The average Bonchev–Trinajstić information content (AvgIpc) is 3.02. The Bertz CT molecular complexity index is 601. The summed E-state index contributed by atoms with van der Waals surface area (Å²) in [7, 11) is 2.11. The van der Waals surface area contributed by atoms with Crippen molar-refractivity contribution < 1.29 is 33.0 Å². The van der Waals surface area contributed by atoms with Crippen molar-refractivity contribution in [3.8, 4) is 0 Å². The van der Waals surface area contributed by atoms with Gasteiger partial charge in [0, 0.05) is 18.9 Å². The number of alkyl halides is 3. The molecular formula is C15H22F3N3O4S2. The van der Waals surface area contributed by atoms with Crippen LogP contribution in [0.1, 0.15) is 43.7 Å². The van der Waals surface area contributed by atoms with Crippen molar-refractivity contribution in [2.75, 3.05) is 25.9 Å². The Kier molecular flexibility index (Phi) is 10.0. The standard InChI is InChI=1S/C13H20F3N3S2.C2H2O4/c1-19-7-4-5-10(9-19)11-12(18-21-17-11)20-8-3-2-6-13(14,15)16;3-1(4)2(5)6/h10H,2-9H2,1H3;(H,3,4)(H,5,6). The molecule has 7 nitrogen and oxygen atoms in total. The van der Waals surface area contributed by atoms with Crippen LogP contribution in [-0.2, 0) is 9.59 Å². The van der Waals surface area contributed by atoms with E-state index in [1.165, 1.54) is 11.7 Å². The third-order valence-electron chi connectivity index (χ3n) is 3.77. The molecule has 0 spiro atoms. The van der Waals surface area contributed by atoms with Crippen molar-refractivity contribution in [3.63, 3.8) is 0 Å². The van der Waals surface area contributed by atoms with E-state index < -0.39 is 24.5 Å². The first-order valence-corrected chi connectivity index (χ1v) is 9.98. The molecule has 2 heterocycles. The van der Waals surface area contributed by atoms with Crippen molar-refractivity contribution in [2.45, 2.75) is 49.2 Å². The van der Waals surface area contributed by atoms with E-state index in [1.54, 1.807) is 11.8 Å². The van der Waals surface area contributed by atoms with Gasteiger partial charge >= 0.3 is 18.1 Å². The number of unbranched alkanes of at least 4 members (excludes halogenated alkanes) is 1. The molecule has 1 saturated heterocycles. The van der Waals surface area contributed by atoms with Gasteiger partial charge in [-0.2, -0.15) is 21.9 Å². The van der Waals surface area contributed by atoms with E-state index in [1.807, 2.05) is 0 Å². The van der Waals surface area contributed by atoms with Crippen LogP contribution >= 0.6 is 23.5 Å². The van der Waals surface area contributed by atoms with Gasteiger partial charge in [-0.25, -0.2) is 9.59 Å². The average molecular weight is 429 g/mol. The highest BCUT2D eigenvalue weighted by Gasteiger charge is 2.26. The fraction of sp³-hybridized carbons (Fsp3) is 0.733. The van der Waals surface area contributed by atoms with Crippen molar-refractivity contribution >= 4 is 35.4 Å². The molecule has 1 aromatic heterocycles. The second-order valence-corrected chi connectivity index (χ2v) is 7.70. The second kappa shape index (κ2) is 11.4. The van der Waals surface area contributed by atoms with E-state index in [0.29, 0.717) is 18.1 Å². The highest BCUT2D eigenvalue weighted by Crippen LogP contribution is 2.33. The Morgan fingerprint density at radius 3 is 2.48 bits per heavy atom. The molecule has 0 radical (unpaired) electrons. The number of nitrogens with zero attached hydrogens (tertiary/aromatic N) is 3. The number of piperidine rings is 1. The van der Waals surface area contributed by atoms with E-state index in [2.05, 4.69) is 20.7 Å². The molecule has 0 bridgehead atoms. The summed E-state index contributed by atoms with van der Waals surface area (Å²) >= 11 is 2.76. The lowest BCUT2D eigenvalue weighted by Gasteiger charge is -2.28. The molecular weight excluding hydrogens is 407 g/mol. The predicted octanol–water partition coefficient (Wildman–Crippen LogP) is 3.33. The van der Waals surface area contributed by atoms with Crippen molar-refractivity contribution in [1.82, 2.24) is 13.6 Å². The van der Waals surface area contributed by atoms with E-state index >= 15 is 0 Å². The molecule has 27 heavy (non-hydrogen) atoms. The molecule has 2 rings (SSSR count). The maximum atomic E-state index is 12.1. The molecule has 154 valence electrons. The van der Waals surface area contributed by atoms with Gasteiger partial charge in [0.2, 0.25) is 0 Å². The number of carboxylic acids is 2. The Morgan fingerprint density at radius 2 is 1.93 bits per heavy atom. The topological polar surface area (TPSA) is 104 Å². The maximum absolute atomic E-state index is 12.1. The Labute approximate surface area is 163 Å². The van der Waals surface area contributed by atoms with Gasteiger partial charge in [0.1, 0.15) is 5.03 Å². The van der Waals surface area contributed by atoms with E-state index in [4.69, 9.17) is 19.8 Å². The van der Waals surface area contributed by atoms with Crippen LogP contribution in [0.4, 0.5) is 13.2 Å². The van der Waals surface area contributed by atoms with Crippen LogP contribution in [0, 0.1) is 0 Å². The van der Waals surface area contributed by atoms with E-state index in [-0.39, 0.29) is 6.42 Å². The third-order valence-corrected chi connectivity index (χ3v) is 5.49. The fourth-order valence-electron chi connectivity index (χ4n) is 2.52. The summed E-state index contributed by atoms with van der Waals surface area (Å²) < 4.78 is 44.9.